The van der Waals surface area contributed by atoms with Gasteiger partial charge in [0.15, 0.2) is 5.82 Å². The van der Waals surface area contributed by atoms with Crippen LogP contribution in [0, 0.1) is 0 Å². The van der Waals surface area contributed by atoms with Crippen LogP contribution in [0.1, 0.15) is 70.6 Å². The number of rotatable bonds is 10. The van der Waals surface area contributed by atoms with Crippen LogP contribution in [-0.4, -0.2) is 60.3 Å². The molecule has 1 fully saturated rings. The minimum atomic E-state index is -3.32. The van der Waals surface area contributed by atoms with Gasteiger partial charge in [-0.05, 0) is 20.3 Å². The van der Waals surface area contributed by atoms with Crippen molar-refractivity contribution in [2.24, 2.45) is 0 Å². The van der Waals surface area contributed by atoms with Crippen LogP contribution in [0.2, 0.25) is 0 Å². The lowest BCUT2D eigenvalue weighted by Gasteiger charge is -2.38. The lowest BCUT2D eigenvalue weighted by atomic mass is 10.1. The van der Waals surface area contributed by atoms with E-state index in [4.69, 9.17) is 14.7 Å². The molecule has 1 saturated heterocycles. The SMILES string of the molecule is CCCCCCCCS(=O)(=O)N1CCc2nc(-c3ccccc3)nc(N3CC(C)OC(C)C3)c2C1. The third-order valence-corrected chi connectivity index (χ3v) is 8.81. The molecule has 8 heteroatoms. The predicted molar refractivity (Wildman–Crippen MR) is 141 cm³/mol. The summed E-state index contributed by atoms with van der Waals surface area (Å²) in [5.41, 5.74) is 2.89. The summed E-state index contributed by atoms with van der Waals surface area (Å²) < 4.78 is 34.0. The van der Waals surface area contributed by atoms with Crippen LogP contribution in [0.5, 0.6) is 0 Å². The lowest BCUT2D eigenvalue weighted by Crippen LogP contribution is -2.47. The van der Waals surface area contributed by atoms with Gasteiger partial charge in [-0.2, -0.15) is 4.31 Å². The first-order valence-corrected chi connectivity index (χ1v) is 14.8. The molecule has 0 radical (unpaired) electrons. The van der Waals surface area contributed by atoms with Gasteiger partial charge in [-0.25, -0.2) is 18.4 Å². The van der Waals surface area contributed by atoms with E-state index in [9.17, 15) is 8.42 Å². The predicted octanol–water partition coefficient (Wildman–Crippen LogP) is 4.81. The fourth-order valence-electron chi connectivity index (χ4n) is 5.13. The van der Waals surface area contributed by atoms with Crippen LogP contribution in [0.4, 0.5) is 5.82 Å². The molecular formula is C27H40N4O3S. The van der Waals surface area contributed by atoms with Crippen LogP contribution < -0.4 is 4.90 Å². The Kier molecular flexibility index (Phi) is 8.78. The fourth-order valence-corrected chi connectivity index (χ4v) is 6.65. The molecule has 0 spiro atoms. The van der Waals surface area contributed by atoms with Crippen LogP contribution in [0.15, 0.2) is 30.3 Å². The molecule has 2 aliphatic heterocycles. The molecule has 35 heavy (non-hydrogen) atoms. The number of fused-ring (bicyclic) bond motifs is 1. The number of unbranched alkanes of at least 4 members (excludes halogenated alkanes) is 5. The standard InChI is InChI=1S/C27H40N4O3S/c1-4-5-6-7-8-12-17-35(32,33)31-16-15-25-24(20-31)27(30-18-21(2)34-22(3)19-30)29-26(28-25)23-13-10-9-11-14-23/h9-11,13-14,21-22H,4-8,12,15-20H2,1-3H3. The Balaban J connectivity index is 1.58. The number of nitrogens with zero attached hydrogens (tertiary/aromatic N) is 4. The van der Waals surface area contributed by atoms with Crippen molar-refractivity contribution in [3.63, 3.8) is 0 Å². The summed E-state index contributed by atoms with van der Waals surface area (Å²) in [6.45, 7) is 8.62. The van der Waals surface area contributed by atoms with E-state index in [0.29, 0.717) is 25.3 Å². The van der Waals surface area contributed by atoms with E-state index >= 15 is 0 Å². The van der Waals surface area contributed by atoms with Crippen molar-refractivity contribution in [2.45, 2.75) is 84.5 Å². The van der Waals surface area contributed by atoms with E-state index < -0.39 is 10.0 Å². The Morgan fingerprint density at radius 3 is 2.37 bits per heavy atom. The molecule has 3 heterocycles. The van der Waals surface area contributed by atoms with Gasteiger partial charge < -0.3 is 9.64 Å². The van der Waals surface area contributed by atoms with Gasteiger partial charge in [0, 0.05) is 43.7 Å². The second-order valence-corrected chi connectivity index (χ2v) is 12.1. The normalized spacial score (nSPS) is 21.2. The number of hydrogen-bond acceptors (Lipinski definition) is 6. The number of anilines is 1. The maximum absolute atomic E-state index is 13.2. The molecule has 0 N–H and O–H groups in total. The first kappa shape index (κ1) is 26.0. The lowest BCUT2D eigenvalue weighted by molar-refractivity contribution is -0.00555. The van der Waals surface area contributed by atoms with Crippen LogP contribution in [0.25, 0.3) is 11.4 Å². The van der Waals surface area contributed by atoms with Gasteiger partial charge in [0.1, 0.15) is 5.82 Å². The summed E-state index contributed by atoms with van der Waals surface area (Å²) in [6.07, 6.45) is 7.20. The molecular weight excluding hydrogens is 460 g/mol. The van der Waals surface area contributed by atoms with Gasteiger partial charge in [0.2, 0.25) is 10.0 Å². The largest absolute Gasteiger partial charge is 0.372 e. The van der Waals surface area contributed by atoms with Crippen molar-refractivity contribution in [2.75, 3.05) is 30.3 Å². The van der Waals surface area contributed by atoms with Crippen LogP contribution in [0.3, 0.4) is 0 Å². The zero-order valence-corrected chi connectivity index (χ0v) is 22.3. The monoisotopic (exact) mass is 500 g/mol. The Morgan fingerprint density at radius 2 is 1.66 bits per heavy atom. The molecule has 192 valence electrons. The molecule has 1 aromatic carbocycles. The summed E-state index contributed by atoms with van der Waals surface area (Å²) in [6, 6.07) is 10.0. The Labute approximate surface area is 211 Å². The minimum Gasteiger partial charge on any atom is -0.372 e. The highest BCUT2D eigenvalue weighted by atomic mass is 32.2. The second-order valence-electron chi connectivity index (χ2n) is 9.99. The molecule has 1 aromatic heterocycles. The molecule has 2 aromatic rings. The molecule has 2 unspecified atom stereocenters. The number of ether oxygens (including phenoxy) is 1. The van der Waals surface area contributed by atoms with Crippen molar-refractivity contribution in [3.8, 4) is 11.4 Å². The molecule has 0 amide bonds. The molecule has 2 aliphatic rings. The maximum Gasteiger partial charge on any atom is 0.214 e. The Morgan fingerprint density at radius 1 is 0.971 bits per heavy atom. The molecule has 0 saturated carbocycles. The van der Waals surface area contributed by atoms with Gasteiger partial charge in [-0.3, -0.25) is 0 Å². The minimum absolute atomic E-state index is 0.0840. The summed E-state index contributed by atoms with van der Waals surface area (Å²) in [5.74, 6) is 1.78. The van der Waals surface area contributed by atoms with Crippen LogP contribution in [-0.2, 0) is 27.7 Å². The third-order valence-electron chi connectivity index (χ3n) is 6.90. The van der Waals surface area contributed by atoms with Crippen molar-refractivity contribution in [1.82, 2.24) is 14.3 Å². The average molecular weight is 501 g/mol. The number of hydrogen-bond donors (Lipinski definition) is 0. The quantitative estimate of drug-likeness (QED) is 0.436. The van der Waals surface area contributed by atoms with Gasteiger partial charge >= 0.3 is 0 Å². The zero-order valence-electron chi connectivity index (χ0n) is 21.4. The van der Waals surface area contributed by atoms with Crippen molar-refractivity contribution >= 4 is 15.8 Å². The van der Waals surface area contributed by atoms with Crippen LogP contribution >= 0.6 is 0 Å². The third kappa shape index (κ3) is 6.60. The fraction of sp³-hybridized carbons (Fsp3) is 0.630. The topological polar surface area (TPSA) is 75.6 Å². The first-order chi connectivity index (χ1) is 16.9. The average Bonchev–Trinajstić information content (AvgIpc) is 2.85. The van der Waals surface area contributed by atoms with E-state index in [2.05, 4.69) is 25.7 Å². The highest BCUT2D eigenvalue weighted by molar-refractivity contribution is 7.89. The van der Waals surface area contributed by atoms with E-state index in [1.54, 1.807) is 4.31 Å². The summed E-state index contributed by atoms with van der Waals surface area (Å²) in [5, 5.41) is 0. The Hall–Kier alpha value is -2.03. The first-order valence-electron chi connectivity index (χ1n) is 13.2. The van der Waals surface area contributed by atoms with Crippen molar-refractivity contribution < 1.29 is 13.2 Å². The molecule has 2 atom stereocenters. The zero-order chi connectivity index (χ0) is 24.8. The number of benzene rings is 1. The summed E-state index contributed by atoms with van der Waals surface area (Å²) in [7, 11) is -3.32. The van der Waals surface area contributed by atoms with E-state index in [1.807, 2.05) is 30.3 Å². The van der Waals surface area contributed by atoms with Crippen molar-refractivity contribution in [1.29, 1.82) is 0 Å². The molecule has 0 aliphatic carbocycles. The van der Waals surface area contributed by atoms with E-state index in [0.717, 1.165) is 55.0 Å². The number of aromatic nitrogens is 2. The highest BCUT2D eigenvalue weighted by Crippen LogP contribution is 2.32. The van der Waals surface area contributed by atoms with E-state index in [1.165, 1.54) is 19.3 Å². The molecule has 7 nitrogen and oxygen atoms in total. The smallest absolute Gasteiger partial charge is 0.214 e. The summed E-state index contributed by atoms with van der Waals surface area (Å²) >= 11 is 0. The van der Waals surface area contributed by atoms with Gasteiger partial charge in [-0.1, -0.05) is 69.4 Å². The summed E-state index contributed by atoms with van der Waals surface area (Å²) in [4.78, 5) is 12.2. The highest BCUT2D eigenvalue weighted by Gasteiger charge is 2.33. The Bertz CT molecular complexity index is 1070. The second kappa shape index (κ2) is 11.8. The van der Waals surface area contributed by atoms with Gasteiger partial charge in [0.05, 0.1) is 23.7 Å². The number of sulfonamides is 1. The number of morpholine rings is 1. The van der Waals surface area contributed by atoms with E-state index in [-0.39, 0.29) is 18.0 Å². The van der Waals surface area contributed by atoms with Gasteiger partial charge in [-0.15, -0.1) is 0 Å². The molecule has 4 rings (SSSR count). The van der Waals surface area contributed by atoms with Crippen molar-refractivity contribution in [3.05, 3.63) is 41.6 Å². The maximum atomic E-state index is 13.2. The van der Waals surface area contributed by atoms with Gasteiger partial charge in [0.25, 0.3) is 0 Å². The molecule has 0 bridgehead atoms.